The highest BCUT2D eigenvalue weighted by molar-refractivity contribution is 5.28. The highest BCUT2D eigenvalue weighted by Crippen LogP contribution is 2.19. The monoisotopic (exact) mass is 245 g/mol. The smallest absolute Gasteiger partial charge is 0.120 e. The summed E-state index contributed by atoms with van der Waals surface area (Å²) in [6.07, 6.45) is 9.28. The normalized spacial score (nSPS) is 20.7. The van der Waals surface area contributed by atoms with E-state index < -0.39 is 0 Å². The van der Waals surface area contributed by atoms with Gasteiger partial charge in [0, 0.05) is 6.04 Å². The molecule has 0 aromatic heterocycles. The summed E-state index contributed by atoms with van der Waals surface area (Å²) in [5, 5.41) is 3.25. The number of allylic oxidation sites excluding steroid dienone is 1. The molecule has 0 bridgehead atoms. The van der Waals surface area contributed by atoms with Crippen LogP contribution in [-0.2, 0) is 6.42 Å². The van der Waals surface area contributed by atoms with Gasteiger partial charge < -0.3 is 10.1 Å². The van der Waals surface area contributed by atoms with E-state index >= 15 is 0 Å². The van der Waals surface area contributed by atoms with Gasteiger partial charge in [0.05, 0.1) is 0 Å². The van der Waals surface area contributed by atoms with E-state index in [4.69, 9.17) is 4.74 Å². The Morgan fingerprint density at radius 3 is 2.72 bits per heavy atom. The molecule has 18 heavy (non-hydrogen) atoms. The van der Waals surface area contributed by atoms with Crippen LogP contribution < -0.4 is 10.1 Å². The Morgan fingerprint density at radius 2 is 2.11 bits per heavy atom. The quantitative estimate of drug-likeness (QED) is 0.803. The first-order valence-electron chi connectivity index (χ1n) is 6.87. The van der Waals surface area contributed by atoms with Crippen LogP contribution in [0, 0.1) is 0 Å². The number of ether oxygens (including phenoxy) is 1. The molecule has 98 valence electrons. The molecule has 0 amide bonds. The number of nitrogens with one attached hydrogen (secondary N) is 1. The third-order valence-electron chi connectivity index (χ3n) is 3.46. The third-order valence-corrected chi connectivity index (χ3v) is 3.46. The molecule has 2 unspecified atom stereocenters. The van der Waals surface area contributed by atoms with Gasteiger partial charge in [0.25, 0.3) is 0 Å². The molecule has 1 aliphatic rings. The molecule has 0 aliphatic heterocycles. The van der Waals surface area contributed by atoms with Gasteiger partial charge >= 0.3 is 0 Å². The Morgan fingerprint density at radius 1 is 1.33 bits per heavy atom. The predicted molar refractivity (Wildman–Crippen MR) is 76.1 cm³/mol. The van der Waals surface area contributed by atoms with E-state index in [9.17, 15) is 0 Å². The topological polar surface area (TPSA) is 21.3 Å². The SMILES string of the molecule is CNC(C)Cc1ccc(OC2C=CCCC2)cc1. The van der Waals surface area contributed by atoms with Crippen molar-refractivity contribution in [3.8, 4) is 5.75 Å². The molecular formula is C16H23NO. The average molecular weight is 245 g/mol. The first-order chi connectivity index (χ1) is 8.78. The zero-order chi connectivity index (χ0) is 12.8. The summed E-state index contributed by atoms with van der Waals surface area (Å²) in [4.78, 5) is 0. The van der Waals surface area contributed by atoms with Gasteiger partial charge in [0.2, 0.25) is 0 Å². The predicted octanol–water partition coefficient (Wildman–Crippen LogP) is 3.32. The number of benzene rings is 1. The molecule has 1 aromatic rings. The molecule has 2 heteroatoms. The Kier molecular flexibility index (Phi) is 4.82. The van der Waals surface area contributed by atoms with Crippen LogP contribution >= 0.6 is 0 Å². The maximum absolute atomic E-state index is 5.94. The van der Waals surface area contributed by atoms with Gasteiger partial charge in [-0.25, -0.2) is 0 Å². The fourth-order valence-corrected chi connectivity index (χ4v) is 2.21. The minimum absolute atomic E-state index is 0.265. The fourth-order valence-electron chi connectivity index (χ4n) is 2.21. The van der Waals surface area contributed by atoms with Crippen molar-refractivity contribution in [2.75, 3.05) is 7.05 Å². The van der Waals surface area contributed by atoms with E-state index in [0.29, 0.717) is 6.04 Å². The van der Waals surface area contributed by atoms with E-state index in [1.807, 2.05) is 7.05 Å². The van der Waals surface area contributed by atoms with Crippen LogP contribution in [0.1, 0.15) is 31.7 Å². The van der Waals surface area contributed by atoms with Gasteiger partial charge in [0.1, 0.15) is 11.9 Å². The van der Waals surface area contributed by atoms with Crippen LogP contribution in [0.25, 0.3) is 0 Å². The van der Waals surface area contributed by atoms with Crippen molar-refractivity contribution in [2.24, 2.45) is 0 Å². The minimum Gasteiger partial charge on any atom is -0.486 e. The number of hydrogen-bond acceptors (Lipinski definition) is 2. The van der Waals surface area contributed by atoms with Crippen molar-refractivity contribution in [3.63, 3.8) is 0 Å². The van der Waals surface area contributed by atoms with E-state index in [-0.39, 0.29) is 6.10 Å². The molecule has 1 aliphatic carbocycles. The van der Waals surface area contributed by atoms with Crippen LogP contribution in [0.2, 0.25) is 0 Å². The summed E-state index contributed by atoms with van der Waals surface area (Å²) in [6, 6.07) is 9.00. The van der Waals surface area contributed by atoms with Crippen LogP contribution in [0.15, 0.2) is 36.4 Å². The molecule has 1 aromatic carbocycles. The summed E-state index contributed by atoms with van der Waals surface area (Å²) in [6.45, 7) is 2.19. The molecule has 0 heterocycles. The molecule has 0 spiro atoms. The lowest BCUT2D eigenvalue weighted by Gasteiger charge is -2.18. The van der Waals surface area contributed by atoms with Crippen molar-refractivity contribution in [2.45, 2.75) is 44.8 Å². The van der Waals surface area contributed by atoms with Crippen molar-refractivity contribution in [3.05, 3.63) is 42.0 Å². The van der Waals surface area contributed by atoms with Crippen LogP contribution in [0.4, 0.5) is 0 Å². The first-order valence-corrected chi connectivity index (χ1v) is 6.87. The molecule has 0 saturated heterocycles. The Balaban J connectivity index is 1.90. The van der Waals surface area contributed by atoms with Gasteiger partial charge in [0.15, 0.2) is 0 Å². The first kappa shape index (κ1) is 13.2. The van der Waals surface area contributed by atoms with Crippen molar-refractivity contribution >= 4 is 0 Å². The number of hydrogen-bond donors (Lipinski definition) is 1. The lowest BCUT2D eigenvalue weighted by molar-refractivity contribution is 0.230. The Labute approximate surface area is 110 Å². The second kappa shape index (κ2) is 6.60. The van der Waals surface area contributed by atoms with Crippen molar-refractivity contribution in [1.29, 1.82) is 0 Å². The Bertz CT molecular complexity index is 383. The number of rotatable bonds is 5. The molecule has 0 fully saturated rings. The lowest BCUT2D eigenvalue weighted by Crippen LogP contribution is -2.23. The van der Waals surface area contributed by atoms with Gasteiger partial charge in [-0.1, -0.05) is 18.2 Å². The highest BCUT2D eigenvalue weighted by Gasteiger charge is 2.09. The van der Waals surface area contributed by atoms with E-state index in [0.717, 1.165) is 18.6 Å². The standard InChI is InChI=1S/C16H23NO/c1-13(17-2)12-14-8-10-16(11-9-14)18-15-6-4-3-5-7-15/h4,6,8-11,13,15,17H,3,5,7,12H2,1-2H3. The zero-order valence-electron chi connectivity index (χ0n) is 11.4. The summed E-state index contributed by atoms with van der Waals surface area (Å²) in [5.74, 6) is 0.979. The van der Waals surface area contributed by atoms with Crippen molar-refractivity contribution < 1.29 is 4.74 Å². The minimum atomic E-state index is 0.265. The van der Waals surface area contributed by atoms with Gasteiger partial charge in [-0.3, -0.25) is 0 Å². The molecular weight excluding hydrogens is 222 g/mol. The second-order valence-electron chi connectivity index (χ2n) is 5.05. The van der Waals surface area contributed by atoms with Crippen molar-refractivity contribution in [1.82, 2.24) is 5.32 Å². The van der Waals surface area contributed by atoms with E-state index in [1.54, 1.807) is 0 Å². The molecule has 0 radical (unpaired) electrons. The number of likely N-dealkylation sites (N-methyl/N-ethyl adjacent to an activating group) is 1. The highest BCUT2D eigenvalue weighted by atomic mass is 16.5. The zero-order valence-corrected chi connectivity index (χ0v) is 11.4. The van der Waals surface area contributed by atoms with Crippen LogP contribution in [0.5, 0.6) is 5.75 Å². The summed E-state index contributed by atoms with van der Waals surface area (Å²) in [7, 11) is 2.00. The maximum Gasteiger partial charge on any atom is 0.120 e. The summed E-state index contributed by atoms with van der Waals surface area (Å²) in [5.41, 5.74) is 1.35. The average Bonchev–Trinajstić information content (AvgIpc) is 2.42. The van der Waals surface area contributed by atoms with Gasteiger partial charge in [-0.2, -0.15) is 0 Å². The molecule has 2 rings (SSSR count). The Hall–Kier alpha value is -1.28. The molecule has 1 N–H and O–H groups in total. The summed E-state index contributed by atoms with van der Waals surface area (Å²) >= 11 is 0. The van der Waals surface area contributed by atoms with E-state index in [1.165, 1.54) is 18.4 Å². The van der Waals surface area contributed by atoms with Gasteiger partial charge in [-0.05, 0) is 63.4 Å². The lowest BCUT2D eigenvalue weighted by atomic mass is 10.1. The third kappa shape index (κ3) is 3.88. The van der Waals surface area contributed by atoms with Crippen LogP contribution in [0.3, 0.4) is 0 Å². The largest absolute Gasteiger partial charge is 0.486 e. The van der Waals surface area contributed by atoms with E-state index in [2.05, 4.69) is 48.7 Å². The molecule has 0 saturated carbocycles. The molecule has 2 atom stereocenters. The van der Waals surface area contributed by atoms with Crippen LogP contribution in [-0.4, -0.2) is 19.2 Å². The molecule has 2 nitrogen and oxygen atoms in total. The fraction of sp³-hybridized carbons (Fsp3) is 0.500. The van der Waals surface area contributed by atoms with Gasteiger partial charge in [-0.15, -0.1) is 0 Å². The summed E-state index contributed by atoms with van der Waals surface area (Å²) < 4.78 is 5.94. The second-order valence-corrected chi connectivity index (χ2v) is 5.05. The maximum atomic E-state index is 5.94.